The van der Waals surface area contributed by atoms with Crippen molar-refractivity contribution in [1.82, 2.24) is 14.8 Å². The van der Waals surface area contributed by atoms with Gasteiger partial charge in [-0.25, -0.2) is 0 Å². The van der Waals surface area contributed by atoms with Gasteiger partial charge >= 0.3 is 0 Å². The fourth-order valence-corrected chi connectivity index (χ4v) is 2.56. The van der Waals surface area contributed by atoms with E-state index in [1.54, 1.807) is 0 Å². The van der Waals surface area contributed by atoms with Gasteiger partial charge in [-0.15, -0.1) is 0 Å². The molecule has 0 aliphatic heterocycles. The zero-order valence-corrected chi connectivity index (χ0v) is 11.1. The Balaban J connectivity index is 2.29. The molecule has 2 N–H and O–H groups in total. The van der Waals surface area contributed by atoms with Gasteiger partial charge in [-0.3, -0.25) is 14.6 Å². The molecule has 7 nitrogen and oxygen atoms in total. The lowest BCUT2D eigenvalue weighted by Crippen LogP contribution is -2.20. The molecule has 0 aliphatic rings. The number of aromatic nitrogens is 3. The van der Waals surface area contributed by atoms with E-state index in [1.165, 1.54) is 35.2 Å². The van der Waals surface area contributed by atoms with E-state index in [4.69, 9.17) is 0 Å². The first-order valence-electron chi connectivity index (χ1n) is 5.75. The zero-order valence-electron chi connectivity index (χ0n) is 10.3. The molecule has 19 heavy (non-hydrogen) atoms. The van der Waals surface area contributed by atoms with Crippen LogP contribution in [0.2, 0.25) is 0 Å². The molecule has 8 heteroatoms. The first kappa shape index (κ1) is 13.3. The normalized spacial score (nSPS) is 11.4. The van der Waals surface area contributed by atoms with Crippen LogP contribution in [0, 0.1) is 0 Å². The predicted octanol–water partition coefficient (Wildman–Crippen LogP) is 0.782. The van der Waals surface area contributed by atoms with Gasteiger partial charge in [-0.1, -0.05) is 6.92 Å². The summed E-state index contributed by atoms with van der Waals surface area (Å²) in [6, 6.07) is 4.12. The van der Waals surface area contributed by atoms with Gasteiger partial charge in [0, 0.05) is 18.8 Å². The second-order valence-corrected chi connectivity index (χ2v) is 5.63. The Morgan fingerprint density at radius 2 is 2.16 bits per heavy atom. The van der Waals surface area contributed by atoms with Crippen molar-refractivity contribution in [2.24, 2.45) is 0 Å². The van der Waals surface area contributed by atoms with Crippen LogP contribution >= 0.6 is 0 Å². The van der Waals surface area contributed by atoms with E-state index in [2.05, 4.69) is 14.9 Å². The number of hydrogen-bond acceptors (Lipinski definition) is 4. The highest BCUT2D eigenvalue weighted by atomic mass is 32.2. The van der Waals surface area contributed by atoms with E-state index in [-0.39, 0.29) is 10.6 Å². The molecule has 2 aromatic heterocycles. The van der Waals surface area contributed by atoms with Crippen LogP contribution in [0.4, 0.5) is 5.69 Å². The summed E-state index contributed by atoms with van der Waals surface area (Å²) in [5.41, 5.74) is 0.175. The van der Waals surface area contributed by atoms with E-state index >= 15 is 0 Å². The molecule has 0 spiro atoms. The average Bonchev–Trinajstić information content (AvgIpc) is 2.88. The Hall–Kier alpha value is -2.09. The number of sulfonamides is 1. The second kappa shape index (κ2) is 5.27. The number of nitrogens with zero attached hydrogens (tertiary/aromatic N) is 2. The summed E-state index contributed by atoms with van der Waals surface area (Å²) >= 11 is 0. The Labute approximate surface area is 110 Å². The van der Waals surface area contributed by atoms with Gasteiger partial charge in [0.15, 0.2) is 5.03 Å². The summed E-state index contributed by atoms with van der Waals surface area (Å²) in [5.74, 6) is 0. The molecule has 0 aromatic carbocycles. The summed E-state index contributed by atoms with van der Waals surface area (Å²) in [6.45, 7) is 2.48. The van der Waals surface area contributed by atoms with Crippen LogP contribution in [0.3, 0.4) is 0 Å². The third-order valence-corrected chi connectivity index (χ3v) is 3.78. The van der Waals surface area contributed by atoms with Crippen LogP contribution in [-0.4, -0.2) is 23.2 Å². The molecule has 2 heterocycles. The van der Waals surface area contributed by atoms with E-state index < -0.39 is 10.0 Å². The maximum Gasteiger partial charge on any atom is 0.278 e. The van der Waals surface area contributed by atoms with Crippen LogP contribution < -0.4 is 10.3 Å². The van der Waals surface area contributed by atoms with Crippen LogP contribution in [0.5, 0.6) is 0 Å². The van der Waals surface area contributed by atoms with Gasteiger partial charge in [-0.05, 0) is 18.6 Å². The summed E-state index contributed by atoms with van der Waals surface area (Å²) in [4.78, 5) is 11.5. The SMILES string of the molecule is CCCn1cc(NS(=O)(=O)c2ccn[nH]2)ccc1=O. The summed E-state index contributed by atoms with van der Waals surface area (Å²) < 4.78 is 27.7. The first-order valence-corrected chi connectivity index (χ1v) is 7.24. The van der Waals surface area contributed by atoms with Gasteiger partial charge in [-0.2, -0.15) is 13.5 Å². The third kappa shape index (κ3) is 3.02. The minimum atomic E-state index is -3.70. The largest absolute Gasteiger partial charge is 0.313 e. The quantitative estimate of drug-likeness (QED) is 0.847. The molecule has 102 valence electrons. The number of H-pyrrole nitrogens is 1. The van der Waals surface area contributed by atoms with Crippen molar-refractivity contribution in [3.63, 3.8) is 0 Å². The van der Waals surface area contributed by atoms with Crippen LogP contribution in [0.15, 0.2) is 40.4 Å². The van der Waals surface area contributed by atoms with E-state index in [0.29, 0.717) is 12.2 Å². The standard InChI is InChI=1S/C11H14N4O3S/c1-2-7-15-8-9(3-4-11(15)16)14-19(17,18)10-5-6-12-13-10/h3-6,8,14H,2,7H2,1H3,(H,12,13). The Morgan fingerprint density at radius 3 is 2.79 bits per heavy atom. The predicted molar refractivity (Wildman–Crippen MR) is 70.4 cm³/mol. The fraction of sp³-hybridized carbons (Fsp3) is 0.273. The minimum absolute atomic E-state index is 0.0271. The Kier molecular flexibility index (Phi) is 3.70. The number of nitrogens with one attached hydrogen (secondary N) is 2. The van der Waals surface area contributed by atoms with Crippen molar-refractivity contribution < 1.29 is 8.42 Å². The van der Waals surface area contributed by atoms with Crippen molar-refractivity contribution in [3.8, 4) is 0 Å². The smallest absolute Gasteiger partial charge is 0.278 e. The maximum absolute atomic E-state index is 11.9. The lowest BCUT2D eigenvalue weighted by atomic mass is 10.4. The lowest BCUT2D eigenvalue weighted by Gasteiger charge is -2.09. The third-order valence-electron chi connectivity index (χ3n) is 2.46. The maximum atomic E-state index is 11.9. The molecular formula is C11H14N4O3S. The fourth-order valence-electron chi connectivity index (χ4n) is 1.61. The number of hydrogen-bond donors (Lipinski definition) is 2. The highest BCUT2D eigenvalue weighted by Crippen LogP contribution is 2.12. The number of anilines is 1. The summed E-state index contributed by atoms with van der Waals surface area (Å²) in [7, 11) is -3.70. The highest BCUT2D eigenvalue weighted by molar-refractivity contribution is 7.92. The molecule has 0 amide bonds. The Morgan fingerprint density at radius 1 is 1.37 bits per heavy atom. The van der Waals surface area contributed by atoms with Crippen molar-refractivity contribution in [3.05, 3.63) is 40.9 Å². The van der Waals surface area contributed by atoms with Crippen molar-refractivity contribution in [2.75, 3.05) is 4.72 Å². The highest BCUT2D eigenvalue weighted by Gasteiger charge is 2.15. The van der Waals surface area contributed by atoms with Crippen LogP contribution in [-0.2, 0) is 16.6 Å². The lowest BCUT2D eigenvalue weighted by molar-refractivity contribution is 0.597. The number of aryl methyl sites for hydroxylation is 1. The molecule has 2 aromatic rings. The topological polar surface area (TPSA) is 96.8 Å². The first-order chi connectivity index (χ1) is 9.03. The molecule has 0 bridgehead atoms. The van der Waals surface area contributed by atoms with Gasteiger partial charge in [0.25, 0.3) is 15.6 Å². The molecule has 2 rings (SSSR count). The molecule has 0 saturated heterocycles. The van der Waals surface area contributed by atoms with E-state index in [1.807, 2.05) is 6.92 Å². The van der Waals surface area contributed by atoms with Gasteiger partial charge < -0.3 is 4.57 Å². The molecule has 0 atom stereocenters. The molecule has 0 fully saturated rings. The van der Waals surface area contributed by atoms with Crippen molar-refractivity contribution >= 4 is 15.7 Å². The summed E-state index contributed by atoms with van der Waals surface area (Å²) in [6.07, 6.45) is 3.63. The number of rotatable bonds is 5. The summed E-state index contributed by atoms with van der Waals surface area (Å²) in [5, 5.41) is 5.94. The van der Waals surface area contributed by atoms with Gasteiger partial charge in [0.1, 0.15) is 0 Å². The van der Waals surface area contributed by atoms with E-state index in [0.717, 1.165) is 6.42 Å². The van der Waals surface area contributed by atoms with E-state index in [9.17, 15) is 13.2 Å². The monoisotopic (exact) mass is 282 g/mol. The molecular weight excluding hydrogens is 268 g/mol. The van der Waals surface area contributed by atoms with Gasteiger partial charge in [0.2, 0.25) is 0 Å². The number of pyridine rings is 1. The minimum Gasteiger partial charge on any atom is -0.313 e. The molecule has 0 unspecified atom stereocenters. The second-order valence-electron chi connectivity index (χ2n) is 3.98. The zero-order chi connectivity index (χ0) is 13.9. The van der Waals surface area contributed by atoms with Crippen LogP contribution in [0.25, 0.3) is 0 Å². The number of aromatic amines is 1. The molecule has 0 saturated carbocycles. The van der Waals surface area contributed by atoms with Crippen molar-refractivity contribution in [2.45, 2.75) is 24.9 Å². The molecule has 0 radical (unpaired) electrons. The molecule has 0 aliphatic carbocycles. The Bertz CT molecular complexity index is 704. The van der Waals surface area contributed by atoms with Crippen LogP contribution in [0.1, 0.15) is 13.3 Å². The van der Waals surface area contributed by atoms with Gasteiger partial charge in [0.05, 0.1) is 11.9 Å². The average molecular weight is 282 g/mol. The van der Waals surface area contributed by atoms with Crippen molar-refractivity contribution in [1.29, 1.82) is 0 Å².